The summed E-state index contributed by atoms with van der Waals surface area (Å²) in [5.74, 6) is -1.46. The first-order valence-corrected chi connectivity index (χ1v) is 29.0. The van der Waals surface area contributed by atoms with Crippen molar-refractivity contribution in [3.05, 3.63) is 132 Å². The van der Waals surface area contributed by atoms with Crippen LogP contribution < -0.4 is 11.4 Å². The molecule has 1 aliphatic heterocycles. The first kappa shape index (κ1) is 66.5. The second kappa shape index (κ2) is 40.6. The van der Waals surface area contributed by atoms with E-state index in [0.29, 0.717) is 32.1 Å². The van der Waals surface area contributed by atoms with E-state index in [2.05, 4.69) is 90.0 Å². The molecule has 21 heteroatoms. The standard InChI is InChI=1S/C54H83N3O16P2/c1-3-5-7-9-11-12-13-14-15-16-17-18-19-20-21-22-26-30-34-38-49(59)68-42-46(71-50(60)39-35-31-27-24-23-25-29-33-37-45(58)36-32-28-10-8-6-4-2)43-69-74(64,65)73-75(66,67)70-44-47-51(61)52(62)53(72-47)57-41-40-48(55)56-54(57)63/h5,7,11-12,14-15,17-18,20-21,24-25,27-29,32-33,37,40-41,45-47,51-53,58,61-62H,3-4,6,8-10,13,16,19,22-23,26,30-31,34-36,38-39,42-44H2,1-2H3,(H,64,65)(H,66,67)(H2,55,56,63)/b7-5-,12-11-,15-14-,18-17-,21-20-,27-24-,29-25-,32-28-,37-33+/t45-,46+,47+,51+,52+,53+/m0/s1. The molecular weight excluding hydrogens is 1010 g/mol. The number of hydrogen-bond acceptors (Lipinski definition) is 16. The maximum Gasteiger partial charge on any atom is 0.481 e. The number of aliphatic hydroxyl groups excluding tert-OH is 3. The summed E-state index contributed by atoms with van der Waals surface area (Å²) in [5.41, 5.74) is 4.57. The van der Waals surface area contributed by atoms with Crippen molar-refractivity contribution in [2.45, 2.75) is 173 Å². The van der Waals surface area contributed by atoms with Crippen molar-refractivity contribution >= 4 is 33.4 Å². The van der Waals surface area contributed by atoms with Crippen molar-refractivity contribution < 1.29 is 71.4 Å². The number of nitrogens with zero attached hydrogens (tertiary/aromatic N) is 2. The fraction of sp³-hybridized carbons (Fsp3) is 0.556. The monoisotopic (exact) mass is 1090 g/mol. The molecule has 0 saturated carbocycles. The minimum atomic E-state index is -5.46. The van der Waals surface area contributed by atoms with Crippen LogP contribution in [0.2, 0.25) is 0 Å². The van der Waals surface area contributed by atoms with E-state index < -0.39 is 89.8 Å². The van der Waals surface area contributed by atoms with Gasteiger partial charge in [-0.05, 0) is 96.0 Å². The summed E-state index contributed by atoms with van der Waals surface area (Å²) in [4.78, 5) is 61.9. The number of phosphoric ester groups is 2. The summed E-state index contributed by atoms with van der Waals surface area (Å²) >= 11 is 0. The van der Waals surface area contributed by atoms with Gasteiger partial charge in [0.15, 0.2) is 12.3 Å². The summed E-state index contributed by atoms with van der Waals surface area (Å²) < 4.78 is 56.7. The van der Waals surface area contributed by atoms with Gasteiger partial charge in [-0.1, -0.05) is 142 Å². The Hall–Kier alpha value is -4.62. The number of carbonyl (C=O) groups is 2. The molecule has 0 aliphatic carbocycles. The molecule has 7 N–H and O–H groups in total. The maximum atomic E-state index is 12.9. The predicted molar refractivity (Wildman–Crippen MR) is 290 cm³/mol. The molecule has 1 fully saturated rings. The van der Waals surface area contributed by atoms with Crippen LogP contribution in [0.1, 0.15) is 142 Å². The van der Waals surface area contributed by atoms with Gasteiger partial charge in [0, 0.05) is 19.0 Å². The number of esters is 2. The van der Waals surface area contributed by atoms with Crippen LogP contribution in [0.5, 0.6) is 0 Å². The molecule has 1 aromatic heterocycles. The summed E-state index contributed by atoms with van der Waals surface area (Å²) in [6.45, 7) is 1.83. The molecule has 8 atom stereocenters. The second-order valence-electron chi connectivity index (χ2n) is 17.5. The van der Waals surface area contributed by atoms with Crippen LogP contribution in [0.4, 0.5) is 5.82 Å². The average molecular weight is 1090 g/mol. The molecule has 0 bridgehead atoms. The first-order valence-electron chi connectivity index (χ1n) is 26.0. The third-order valence-corrected chi connectivity index (χ3v) is 13.5. The van der Waals surface area contributed by atoms with E-state index in [1.807, 2.05) is 30.4 Å². The number of nitrogen functional groups attached to an aromatic ring is 1. The fourth-order valence-electron chi connectivity index (χ4n) is 6.89. The van der Waals surface area contributed by atoms with Crippen molar-refractivity contribution in [2.75, 3.05) is 25.6 Å². The van der Waals surface area contributed by atoms with Gasteiger partial charge < -0.3 is 45.1 Å². The lowest BCUT2D eigenvalue weighted by molar-refractivity contribution is -0.161. The number of aliphatic hydroxyl groups is 3. The minimum absolute atomic E-state index is 0.0568. The van der Waals surface area contributed by atoms with Gasteiger partial charge in [-0.2, -0.15) is 9.29 Å². The first-order chi connectivity index (χ1) is 36.1. The molecule has 2 rings (SSSR count). The Morgan fingerprint density at radius 1 is 0.720 bits per heavy atom. The molecule has 1 saturated heterocycles. The molecule has 1 aliphatic rings. The molecule has 420 valence electrons. The minimum Gasteiger partial charge on any atom is -0.462 e. The quantitative estimate of drug-likeness (QED) is 0.0117. The number of ether oxygens (including phenoxy) is 3. The van der Waals surface area contributed by atoms with Crippen LogP contribution in [-0.4, -0.2) is 96.9 Å². The highest BCUT2D eigenvalue weighted by Crippen LogP contribution is 2.60. The summed E-state index contributed by atoms with van der Waals surface area (Å²) in [7, 11) is -10.9. The number of aromatic nitrogens is 2. The van der Waals surface area contributed by atoms with Crippen molar-refractivity contribution in [1.82, 2.24) is 9.55 Å². The Balaban J connectivity index is 1.86. The van der Waals surface area contributed by atoms with Crippen LogP contribution in [0.25, 0.3) is 0 Å². The van der Waals surface area contributed by atoms with E-state index in [1.54, 1.807) is 12.2 Å². The Kier molecular flexibility index (Phi) is 36.0. The molecule has 19 nitrogen and oxygen atoms in total. The van der Waals surface area contributed by atoms with E-state index in [0.717, 1.165) is 75.0 Å². The Bertz CT molecular complexity index is 2200. The Morgan fingerprint density at radius 3 is 1.93 bits per heavy atom. The third kappa shape index (κ3) is 33.2. The van der Waals surface area contributed by atoms with Crippen molar-refractivity contribution in [1.29, 1.82) is 0 Å². The zero-order chi connectivity index (χ0) is 55.0. The lowest BCUT2D eigenvalue weighted by atomic mass is 10.1. The van der Waals surface area contributed by atoms with Crippen LogP contribution in [0, 0.1) is 0 Å². The number of hydrogen-bond donors (Lipinski definition) is 6. The lowest BCUT2D eigenvalue weighted by Crippen LogP contribution is -2.36. The van der Waals surface area contributed by atoms with Crippen molar-refractivity contribution in [3.8, 4) is 0 Å². The van der Waals surface area contributed by atoms with Crippen LogP contribution in [0.15, 0.2) is 126 Å². The predicted octanol–water partition coefficient (Wildman–Crippen LogP) is 9.97. The Morgan fingerprint density at radius 2 is 1.29 bits per heavy atom. The highest BCUT2D eigenvalue weighted by molar-refractivity contribution is 7.61. The largest absolute Gasteiger partial charge is 0.481 e. The van der Waals surface area contributed by atoms with Crippen LogP contribution >= 0.6 is 15.6 Å². The normalized spacial score (nSPS) is 20.1. The van der Waals surface area contributed by atoms with Gasteiger partial charge in [0.05, 0.1) is 19.3 Å². The molecule has 75 heavy (non-hydrogen) atoms. The van der Waals surface area contributed by atoms with Gasteiger partial charge in [-0.15, -0.1) is 0 Å². The van der Waals surface area contributed by atoms with Gasteiger partial charge in [-0.3, -0.25) is 23.2 Å². The summed E-state index contributed by atoms with van der Waals surface area (Å²) in [6.07, 6.45) is 43.4. The fourth-order valence-corrected chi connectivity index (χ4v) is 9.00. The van der Waals surface area contributed by atoms with Gasteiger partial charge >= 0.3 is 33.3 Å². The topological polar surface area (TPSA) is 286 Å². The third-order valence-electron chi connectivity index (χ3n) is 10.9. The molecule has 0 amide bonds. The number of allylic oxidation sites excluding steroid dienone is 16. The Labute approximate surface area is 443 Å². The average Bonchev–Trinajstić information content (AvgIpc) is 3.64. The molecule has 0 spiro atoms. The molecule has 0 radical (unpaired) electrons. The van der Waals surface area contributed by atoms with Crippen molar-refractivity contribution in [3.63, 3.8) is 0 Å². The van der Waals surface area contributed by atoms with Gasteiger partial charge in [0.1, 0.15) is 30.7 Å². The van der Waals surface area contributed by atoms with Gasteiger partial charge in [0.25, 0.3) is 0 Å². The van der Waals surface area contributed by atoms with E-state index >= 15 is 0 Å². The number of carbonyl (C=O) groups excluding carboxylic acids is 2. The maximum absolute atomic E-state index is 12.9. The van der Waals surface area contributed by atoms with Crippen molar-refractivity contribution in [2.24, 2.45) is 0 Å². The molecule has 2 unspecified atom stereocenters. The molecule has 0 aromatic carbocycles. The smallest absolute Gasteiger partial charge is 0.462 e. The molecular formula is C54H83N3O16P2. The number of anilines is 1. The molecule has 2 heterocycles. The number of unbranched alkanes of at least 4 members (excludes halogenated alkanes) is 7. The summed E-state index contributed by atoms with van der Waals surface area (Å²) in [5, 5.41) is 31.0. The van der Waals surface area contributed by atoms with E-state index in [9.17, 15) is 48.6 Å². The highest BCUT2D eigenvalue weighted by Gasteiger charge is 2.46. The summed E-state index contributed by atoms with van der Waals surface area (Å²) in [6, 6.07) is 1.24. The number of rotatable bonds is 41. The van der Waals surface area contributed by atoms with Crippen LogP contribution in [-0.2, 0) is 46.3 Å². The van der Waals surface area contributed by atoms with Gasteiger partial charge in [-0.25, -0.2) is 13.9 Å². The number of nitrogens with two attached hydrogens (primary N) is 1. The zero-order valence-electron chi connectivity index (χ0n) is 43.7. The number of phosphoric acid groups is 2. The lowest BCUT2D eigenvalue weighted by Gasteiger charge is -2.21. The molecule has 1 aromatic rings. The highest BCUT2D eigenvalue weighted by atomic mass is 31.3. The second-order valence-corrected chi connectivity index (χ2v) is 20.5. The van der Waals surface area contributed by atoms with E-state index in [4.69, 9.17) is 29.0 Å². The zero-order valence-corrected chi connectivity index (χ0v) is 45.4. The van der Waals surface area contributed by atoms with E-state index in [1.165, 1.54) is 18.9 Å². The van der Waals surface area contributed by atoms with Gasteiger partial charge in [0.2, 0.25) is 0 Å². The van der Waals surface area contributed by atoms with Crippen LogP contribution in [0.3, 0.4) is 0 Å². The van der Waals surface area contributed by atoms with E-state index in [-0.39, 0.29) is 18.7 Å². The SMILES string of the molecule is CC/C=C\C/C=C\C/C=C\C/C=C\C/C=C\CCCCCC(=O)OC[C@H](COP(=O)(O)OP(=O)(O)OC[C@H]1O[C@@H](n2ccc(N)nc2=O)[C@H](O)[C@@H]1O)OC(=O)CCC/C=C\C/C=C\C=C\[C@@H](O)C/C=C\CCCCC.